The highest BCUT2D eigenvalue weighted by atomic mass is 35.5. The number of halogens is 1. The maximum atomic E-state index is 12.3. The monoisotopic (exact) mass is 283 g/mol. The molecule has 1 saturated carbocycles. The van der Waals surface area contributed by atoms with Gasteiger partial charge in [0.15, 0.2) is 0 Å². The predicted molar refractivity (Wildman–Crippen MR) is 70.3 cm³/mol. The van der Waals surface area contributed by atoms with E-state index < -0.39 is 10.2 Å². The Balaban J connectivity index is 0.00000144. The largest absolute Gasteiger partial charge is 0.329 e. The van der Waals surface area contributed by atoms with Crippen LogP contribution in [-0.2, 0) is 10.2 Å². The van der Waals surface area contributed by atoms with Gasteiger partial charge in [-0.25, -0.2) is 0 Å². The van der Waals surface area contributed by atoms with Crippen LogP contribution in [0.5, 0.6) is 0 Å². The molecule has 1 aliphatic heterocycles. The summed E-state index contributed by atoms with van der Waals surface area (Å²) in [4.78, 5) is 0. The lowest BCUT2D eigenvalue weighted by molar-refractivity contribution is 0.288. The lowest BCUT2D eigenvalue weighted by Gasteiger charge is -2.32. The van der Waals surface area contributed by atoms with E-state index in [1.165, 1.54) is 10.7 Å². The average Bonchev–Trinajstić information content (AvgIpc) is 2.88. The molecule has 0 radical (unpaired) electrons. The van der Waals surface area contributed by atoms with E-state index in [1.807, 2.05) is 6.92 Å². The summed E-state index contributed by atoms with van der Waals surface area (Å²) < 4.78 is 27.7. The zero-order valence-corrected chi connectivity index (χ0v) is 12.0. The SMILES string of the molecule is CC(CN)N(C)S(=O)(=O)N1CC2CCC1C2.Cl. The minimum atomic E-state index is -3.29. The molecule has 7 heteroatoms. The molecule has 102 valence electrons. The summed E-state index contributed by atoms with van der Waals surface area (Å²) in [6.07, 6.45) is 3.26. The first-order valence-corrected chi connectivity index (χ1v) is 7.31. The molecule has 3 unspecified atom stereocenters. The Morgan fingerprint density at radius 3 is 2.53 bits per heavy atom. The van der Waals surface area contributed by atoms with E-state index in [9.17, 15) is 8.42 Å². The second kappa shape index (κ2) is 5.40. The van der Waals surface area contributed by atoms with Crippen molar-refractivity contribution in [1.82, 2.24) is 8.61 Å². The number of hydrogen-bond donors (Lipinski definition) is 1. The fraction of sp³-hybridized carbons (Fsp3) is 1.00. The smallest absolute Gasteiger partial charge is 0.282 e. The van der Waals surface area contributed by atoms with E-state index in [4.69, 9.17) is 5.73 Å². The number of nitrogens with two attached hydrogens (primary N) is 1. The lowest BCUT2D eigenvalue weighted by atomic mass is 10.1. The summed E-state index contributed by atoms with van der Waals surface area (Å²) in [5.74, 6) is 0.585. The summed E-state index contributed by atoms with van der Waals surface area (Å²) in [6, 6.07) is 0.103. The second-order valence-corrected chi connectivity index (χ2v) is 6.95. The van der Waals surface area contributed by atoms with E-state index in [0.29, 0.717) is 19.0 Å². The fourth-order valence-corrected chi connectivity index (χ4v) is 4.54. The molecule has 0 amide bonds. The fourth-order valence-electron chi connectivity index (χ4n) is 2.70. The maximum absolute atomic E-state index is 12.3. The molecule has 0 aromatic rings. The maximum Gasteiger partial charge on any atom is 0.282 e. The van der Waals surface area contributed by atoms with E-state index >= 15 is 0 Å². The van der Waals surface area contributed by atoms with Crippen LogP contribution in [0.25, 0.3) is 0 Å². The van der Waals surface area contributed by atoms with Gasteiger partial charge in [0.2, 0.25) is 0 Å². The number of nitrogens with zero attached hydrogens (tertiary/aromatic N) is 2. The molecule has 1 heterocycles. The van der Waals surface area contributed by atoms with E-state index in [-0.39, 0.29) is 24.5 Å². The molecular formula is C10H22ClN3O2S. The molecule has 0 spiro atoms. The Labute approximate surface area is 110 Å². The van der Waals surface area contributed by atoms with Gasteiger partial charge in [0.1, 0.15) is 0 Å². The molecule has 0 aromatic heterocycles. The standard InChI is InChI=1S/C10H21N3O2S.ClH/c1-8(6-11)12(2)16(14,15)13-7-9-3-4-10(13)5-9;/h8-10H,3-7,11H2,1-2H3;1H. The Bertz CT molecular complexity index is 363. The Morgan fingerprint density at radius 1 is 1.47 bits per heavy atom. The van der Waals surface area contributed by atoms with Crippen molar-refractivity contribution in [2.75, 3.05) is 20.1 Å². The van der Waals surface area contributed by atoms with Gasteiger partial charge in [0, 0.05) is 32.2 Å². The third-order valence-electron chi connectivity index (χ3n) is 3.98. The number of piperidine rings is 1. The van der Waals surface area contributed by atoms with Gasteiger partial charge < -0.3 is 5.73 Å². The summed E-state index contributed by atoms with van der Waals surface area (Å²) in [5.41, 5.74) is 5.52. The van der Waals surface area contributed by atoms with Crippen LogP contribution in [0, 0.1) is 5.92 Å². The third kappa shape index (κ3) is 2.61. The quantitative estimate of drug-likeness (QED) is 0.813. The zero-order valence-electron chi connectivity index (χ0n) is 10.4. The molecule has 5 nitrogen and oxygen atoms in total. The van der Waals surface area contributed by atoms with Crippen molar-refractivity contribution in [3.8, 4) is 0 Å². The zero-order chi connectivity index (χ0) is 11.9. The lowest BCUT2D eigenvalue weighted by Crippen LogP contribution is -2.50. The molecule has 1 saturated heterocycles. The molecule has 2 rings (SSSR count). The molecule has 2 fully saturated rings. The van der Waals surface area contributed by atoms with Crippen LogP contribution in [0.2, 0.25) is 0 Å². The summed E-state index contributed by atoms with van der Waals surface area (Å²) in [7, 11) is -1.67. The topological polar surface area (TPSA) is 66.6 Å². The van der Waals surface area contributed by atoms with Crippen LogP contribution < -0.4 is 5.73 Å². The van der Waals surface area contributed by atoms with Gasteiger partial charge in [-0.05, 0) is 32.1 Å². The molecule has 3 atom stereocenters. The predicted octanol–water partition coefficient (Wildman–Crippen LogP) is 0.416. The normalized spacial score (nSPS) is 30.6. The molecular weight excluding hydrogens is 262 g/mol. The van der Waals surface area contributed by atoms with Crippen LogP contribution in [0.3, 0.4) is 0 Å². The first kappa shape index (κ1) is 15.2. The first-order valence-electron chi connectivity index (χ1n) is 5.91. The number of likely N-dealkylation sites (N-methyl/N-ethyl adjacent to an activating group) is 1. The van der Waals surface area contributed by atoms with Crippen molar-refractivity contribution >= 4 is 22.6 Å². The molecule has 0 aromatic carbocycles. The van der Waals surface area contributed by atoms with Crippen molar-refractivity contribution < 1.29 is 8.42 Å². The van der Waals surface area contributed by atoms with Crippen LogP contribution >= 0.6 is 12.4 Å². The van der Waals surface area contributed by atoms with Crippen LogP contribution in [0.4, 0.5) is 0 Å². The molecule has 2 bridgehead atoms. The number of hydrogen-bond acceptors (Lipinski definition) is 3. The van der Waals surface area contributed by atoms with Crippen molar-refractivity contribution in [3.63, 3.8) is 0 Å². The van der Waals surface area contributed by atoms with Gasteiger partial charge in [-0.2, -0.15) is 17.0 Å². The van der Waals surface area contributed by atoms with Gasteiger partial charge in [-0.15, -0.1) is 12.4 Å². The second-order valence-electron chi connectivity index (χ2n) is 5.01. The molecule has 2 aliphatic rings. The summed E-state index contributed by atoms with van der Waals surface area (Å²) >= 11 is 0. The van der Waals surface area contributed by atoms with Crippen LogP contribution in [0.1, 0.15) is 26.2 Å². The van der Waals surface area contributed by atoms with Crippen LogP contribution in [0.15, 0.2) is 0 Å². The minimum Gasteiger partial charge on any atom is -0.329 e. The number of rotatable bonds is 4. The average molecular weight is 284 g/mol. The van der Waals surface area contributed by atoms with E-state index in [1.54, 1.807) is 11.4 Å². The summed E-state index contributed by atoms with van der Waals surface area (Å²) in [6.45, 7) is 2.90. The van der Waals surface area contributed by atoms with E-state index in [0.717, 1.165) is 12.8 Å². The van der Waals surface area contributed by atoms with Gasteiger partial charge in [-0.1, -0.05) is 0 Å². The Kier molecular flexibility index (Phi) is 4.82. The highest BCUT2D eigenvalue weighted by molar-refractivity contribution is 7.86. The highest BCUT2D eigenvalue weighted by Crippen LogP contribution is 2.39. The Hall–Kier alpha value is 0.120. The van der Waals surface area contributed by atoms with Gasteiger partial charge in [0.05, 0.1) is 0 Å². The first-order chi connectivity index (χ1) is 7.46. The van der Waals surface area contributed by atoms with E-state index in [2.05, 4.69) is 0 Å². The van der Waals surface area contributed by atoms with Crippen molar-refractivity contribution in [2.24, 2.45) is 11.7 Å². The van der Waals surface area contributed by atoms with Gasteiger partial charge in [-0.3, -0.25) is 0 Å². The highest BCUT2D eigenvalue weighted by Gasteiger charge is 2.45. The molecule has 17 heavy (non-hydrogen) atoms. The van der Waals surface area contributed by atoms with Crippen molar-refractivity contribution in [2.45, 2.75) is 38.3 Å². The number of fused-ring (bicyclic) bond motifs is 2. The van der Waals surface area contributed by atoms with Gasteiger partial charge in [0.25, 0.3) is 10.2 Å². The molecule has 1 aliphatic carbocycles. The third-order valence-corrected chi connectivity index (χ3v) is 6.11. The molecule has 2 N–H and O–H groups in total. The van der Waals surface area contributed by atoms with Gasteiger partial charge >= 0.3 is 0 Å². The van der Waals surface area contributed by atoms with Crippen molar-refractivity contribution in [3.05, 3.63) is 0 Å². The van der Waals surface area contributed by atoms with Crippen molar-refractivity contribution in [1.29, 1.82) is 0 Å². The van der Waals surface area contributed by atoms with Crippen LogP contribution in [-0.4, -0.2) is 49.2 Å². The minimum absolute atomic E-state index is 0. The summed E-state index contributed by atoms with van der Waals surface area (Å²) in [5, 5.41) is 0. The Morgan fingerprint density at radius 2 is 2.12 bits per heavy atom.